The average Bonchev–Trinajstić information content (AvgIpc) is 2.55. The van der Waals surface area contributed by atoms with Gasteiger partial charge in [-0.1, -0.05) is 0 Å². The summed E-state index contributed by atoms with van der Waals surface area (Å²) in [6.07, 6.45) is 1.53. The second kappa shape index (κ2) is 4.45. The minimum Gasteiger partial charge on any atom is -0.390 e. The SMILES string of the molecule is OC(CCCl)C(O)c1cnc[nH]1. The molecule has 2 unspecified atom stereocenters. The van der Waals surface area contributed by atoms with Gasteiger partial charge >= 0.3 is 0 Å². The van der Waals surface area contributed by atoms with Crippen LogP contribution in [0.5, 0.6) is 0 Å². The lowest BCUT2D eigenvalue weighted by atomic mass is 10.1. The van der Waals surface area contributed by atoms with Crippen molar-refractivity contribution in [3.8, 4) is 0 Å². The second-order valence-electron chi connectivity index (χ2n) is 2.50. The summed E-state index contributed by atoms with van der Waals surface area (Å²) in [5.74, 6) is 0.326. The number of aromatic amines is 1. The zero-order valence-corrected chi connectivity index (χ0v) is 7.20. The summed E-state index contributed by atoms with van der Waals surface area (Å²) in [5.41, 5.74) is 0.507. The molecule has 1 heterocycles. The molecule has 1 aromatic heterocycles. The van der Waals surface area contributed by atoms with Gasteiger partial charge in [0, 0.05) is 5.88 Å². The first-order valence-electron chi connectivity index (χ1n) is 3.66. The van der Waals surface area contributed by atoms with E-state index in [0.29, 0.717) is 18.0 Å². The van der Waals surface area contributed by atoms with Gasteiger partial charge in [0.1, 0.15) is 6.10 Å². The summed E-state index contributed by atoms with van der Waals surface area (Å²) >= 11 is 5.40. The molecule has 0 aliphatic carbocycles. The predicted octanol–water partition coefficient (Wildman–Crippen LogP) is 0.433. The van der Waals surface area contributed by atoms with Crippen LogP contribution in [-0.2, 0) is 0 Å². The van der Waals surface area contributed by atoms with E-state index < -0.39 is 12.2 Å². The van der Waals surface area contributed by atoms with Crippen molar-refractivity contribution in [3.63, 3.8) is 0 Å². The van der Waals surface area contributed by atoms with Crippen molar-refractivity contribution in [2.24, 2.45) is 0 Å². The quantitative estimate of drug-likeness (QED) is 0.604. The zero-order chi connectivity index (χ0) is 8.97. The Balaban J connectivity index is 2.53. The van der Waals surface area contributed by atoms with Crippen LogP contribution >= 0.6 is 11.6 Å². The Morgan fingerprint density at radius 3 is 2.83 bits per heavy atom. The molecule has 0 aromatic carbocycles. The number of hydrogen-bond acceptors (Lipinski definition) is 3. The smallest absolute Gasteiger partial charge is 0.121 e. The zero-order valence-electron chi connectivity index (χ0n) is 6.44. The number of imidazole rings is 1. The van der Waals surface area contributed by atoms with Crippen molar-refractivity contribution >= 4 is 11.6 Å². The minimum absolute atomic E-state index is 0.326. The summed E-state index contributed by atoms with van der Waals surface area (Å²) in [6.45, 7) is 0. The van der Waals surface area contributed by atoms with E-state index in [1.807, 2.05) is 0 Å². The first-order valence-corrected chi connectivity index (χ1v) is 4.19. The Kier molecular flexibility index (Phi) is 3.52. The molecule has 0 saturated heterocycles. The van der Waals surface area contributed by atoms with Gasteiger partial charge in [0.2, 0.25) is 0 Å². The van der Waals surface area contributed by atoms with E-state index >= 15 is 0 Å². The van der Waals surface area contributed by atoms with Crippen molar-refractivity contribution in [3.05, 3.63) is 18.2 Å². The Bertz CT molecular complexity index is 215. The Labute approximate surface area is 75.2 Å². The van der Waals surface area contributed by atoms with E-state index in [0.717, 1.165) is 0 Å². The maximum Gasteiger partial charge on any atom is 0.121 e. The number of H-pyrrole nitrogens is 1. The number of aliphatic hydroxyl groups is 2. The molecule has 3 N–H and O–H groups in total. The van der Waals surface area contributed by atoms with Gasteiger partial charge in [0.05, 0.1) is 24.3 Å². The van der Waals surface area contributed by atoms with Crippen LogP contribution in [0, 0.1) is 0 Å². The molecule has 12 heavy (non-hydrogen) atoms. The van der Waals surface area contributed by atoms with Crippen molar-refractivity contribution in [2.45, 2.75) is 18.6 Å². The van der Waals surface area contributed by atoms with E-state index in [4.69, 9.17) is 11.6 Å². The number of alkyl halides is 1. The predicted molar refractivity (Wildman–Crippen MR) is 44.9 cm³/mol. The van der Waals surface area contributed by atoms with Gasteiger partial charge in [0.15, 0.2) is 0 Å². The number of hydrogen-bond donors (Lipinski definition) is 3. The molecule has 1 aromatic rings. The maximum atomic E-state index is 9.43. The highest BCUT2D eigenvalue weighted by atomic mass is 35.5. The highest BCUT2D eigenvalue weighted by Gasteiger charge is 2.18. The highest BCUT2D eigenvalue weighted by molar-refractivity contribution is 6.17. The standard InChI is InChI=1S/C7H11ClN2O2/c8-2-1-6(11)7(12)5-3-9-4-10-5/h3-4,6-7,11-12H,1-2H2,(H,9,10). The lowest BCUT2D eigenvalue weighted by Gasteiger charge is -2.14. The lowest BCUT2D eigenvalue weighted by molar-refractivity contribution is 0.0147. The van der Waals surface area contributed by atoms with Crippen LogP contribution in [-0.4, -0.2) is 32.2 Å². The molecule has 5 heteroatoms. The van der Waals surface area contributed by atoms with E-state index in [9.17, 15) is 10.2 Å². The number of aromatic nitrogens is 2. The third-order valence-electron chi connectivity index (χ3n) is 1.61. The van der Waals surface area contributed by atoms with E-state index in [-0.39, 0.29) is 0 Å². The molecule has 2 atom stereocenters. The molecule has 68 valence electrons. The highest BCUT2D eigenvalue weighted by Crippen LogP contribution is 2.15. The number of rotatable bonds is 4. The van der Waals surface area contributed by atoms with Crippen LogP contribution in [0.15, 0.2) is 12.5 Å². The molecule has 0 bridgehead atoms. The topological polar surface area (TPSA) is 69.1 Å². The third-order valence-corrected chi connectivity index (χ3v) is 1.83. The monoisotopic (exact) mass is 190 g/mol. The summed E-state index contributed by atoms with van der Waals surface area (Å²) in [5, 5.41) is 18.7. The van der Waals surface area contributed by atoms with Gasteiger partial charge in [0.25, 0.3) is 0 Å². The van der Waals surface area contributed by atoms with Gasteiger partial charge < -0.3 is 15.2 Å². The molecule has 0 aliphatic rings. The van der Waals surface area contributed by atoms with Crippen LogP contribution in [0.3, 0.4) is 0 Å². The van der Waals surface area contributed by atoms with Gasteiger partial charge in [-0.2, -0.15) is 0 Å². The van der Waals surface area contributed by atoms with Gasteiger partial charge in [-0.25, -0.2) is 4.98 Å². The molecular formula is C7H11ClN2O2. The van der Waals surface area contributed by atoms with Crippen LogP contribution in [0.4, 0.5) is 0 Å². The lowest BCUT2D eigenvalue weighted by Crippen LogP contribution is -2.18. The normalized spacial score (nSPS) is 15.9. The fraction of sp³-hybridized carbons (Fsp3) is 0.571. The van der Waals surface area contributed by atoms with Crippen LogP contribution in [0.2, 0.25) is 0 Å². The molecule has 0 amide bonds. The van der Waals surface area contributed by atoms with Crippen molar-refractivity contribution < 1.29 is 10.2 Å². The summed E-state index contributed by atoms with van der Waals surface area (Å²) in [6, 6.07) is 0. The Morgan fingerprint density at radius 1 is 1.58 bits per heavy atom. The van der Waals surface area contributed by atoms with Crippen LogP contribution < -0.4 is 0 Å². The summed E-state index contributed by atoms with van der Waals surface area (Å²) in [7, 11) is 0. The number of halogens is 1. The molecule has 1 rings (SSSR count). The maximum absolute atomic E-state index is 9.43. The molecule has 0 spiro atoms. The van der Waals surface area contributed by atoms with Crippen LogP contribution in [0.1, 0.15) is 18.2 Å². The fourth-order valence-electron chi connectivity index (χ4n) is 0.905. The van der Waals surface area contributed by atoms with E-state index in [1.165, 1.54) is 12.5 Å². The molecule has 4 nitrogen and oxygen atoms in total. The Hall–Kier alpha value is -0.580. The van der Waals surface area contributed by atoms with Crippen molar-refractivity contribution in [2.75, 3.05) is 5.88 Å². The van der Waals surface area contributed by atoms with E-state index in [2.05, 4.69) is 9.97 Å². The largest absolute Gasteiger partial charge is 0.390 e. The molecule has 0 radical (unpaired) electrons. The van der Waals surface area contributed by atoms with E-state index in [1.54, 1.807) is 0 Å². The molecular weight excluding hydrogens is 180 g/mol. The van der Waals surface area contributed by atoms with Crippen molar-refractivity contribution in [1.29, 1.82) is 0 Å². The van der Waals surface area contributed by atoms with Gasteiger partial charge in [-0.15, -0.1) is 11.6 Å². The van der Waals surface area contributed by atoms with Crippen molar-refractivity contribution in [1.82, 2.24) is 9.97 Å². The fourth-order valence-corrected chi connectivity index (χ4v) is 1.13. The van der Waals surface area contributed by atoms with Crippen LogP contribution in [0.25, 0.3) is 0 Å². The first-order chi connectivity index (χ1) is 5.75. The number of aliphatic hydroxyl groups excluding tert-OH is 2. The Morgan fingerprint density at radius 2 is 2.33 bits per heavy atom. The second-order valence-corrected chi connectivity index (χ2v) is 2.87. The minimum atomic E-state index is -0.925. The molecule has 0 saturated carbocycles. The number of nitrogens with zero attached hydrogens (tertiary/aromatic N) is 1. The van der Waals surface area contributed by atoms with Gasteiger partial charge in [-0.05, 0) is 6.42 Å². The first kappa shape index (κ1) is 9.51. The molecule has 0 fully saturated rings. The van der Waals surface area contributed by atoms with Gasteiger partial charge in [-0.3, -0.25) is 0 Å². The third kappa shape index (κ3) is 2.20. The number of nitrogens with one attached hydrogen (secondary N) is 1. The summed E-state index contributed by atoms with van der Waals surface area (Å²) < 4.78 is 0. The average molecular weight is 191 g/mol. The summed E-state index contributed by atoms with van der Waals surface area (Å²) in [4.78, 5) is 6.44. The molecule has 0 aliphatic heterocycles.